The third-order valence-corrected chi connectivity index (χ3v) is 3.86. The van der Waals surface area contributed by atoms with Crippen molar-refractivity contribution >= 4 is 29.6 Å². The van der Waals surface area contributed by atoms with E-state index in [1.807, 2.05) is 32.0 Å². The Morgan fingerprint density at radius 3 is 2.38 bits per heavy atom. The fraction of sp³-hybridized carbons (Fsp3) is 0.200. The summed E-state index contributed by atoms with van der Waals surface area (Å²) < 4.78 is 10.4. The number of primary amides is 1. The van der Waals surface area contributed by atoms with E-state index in [4.69, 9.17) is 15.2 Å². The van der Waals surface area contributed by atoms with Crippen LogP contribution in [0.3, 0.4) is 0 Å². The molecule has 9 heteroatoms. The van der Waals surface area contributed by atoms with Gasteiger partial charge in [0, 0.05) is 5.69 Å². The first-order valence-electron chi connectivity index (χ1n) is 8.61. The molecule has 0 unspecified atom stereocenters. The summed E-state index contributed by atoms with van der Waals surface area (Å²) in [6.45, 7) is 3.39. The Hall–Kier alpha value is -3.88. The van der Waals surface area contributed by atoms with Crippen molar-refractivity contribution in [2.24, 2.45) is 10.8 Å². The summed E-state index contributed by atoms with van der Waals surface area (Å²) in [5.41, 5.74) is 10.1. The number of hydrogen-bond donors (Lipinski definition) is 3. The van der Waals surface area contributed by atoms with Crippen LogP contribution in [0.4, 0.5) is 5.69 Å². The molecule has 2 aromatic carbocycles. The van der Waals surface area contributed by atoms with E-state index in [1.165, 1.54) is 13.3 Å². The van der Waals surface area contributed by atoms with E-state index in [1.54, 1.807) is 18.2 Å². The molecule has 0 aliphatic rings. The number of carbonyl (C=O) groups excluding carboxylic acids is 3. The molecule has 0 saturated heterocycles. The number of carbonyl (C=O) groups is 3. The minimum Gasteiger partial charge on any atom is -0.493 e. The van der Waals surface area contributed by atoms with Gasteiger partial charge in [-0.3, -0.25) is 14.4 Å². The third kappa shape index (κ3) is 6.06. The monoisotopic (exact) mass is 398 g/mol. The zero-order chi connectivity index (χ0) is 21.4. The van der Waals surface area contributed by atoms with E-state index in [0.717, 1.165) is 11.1 Å². The molecule has 2 rings (SSSR count). The van der Waals surface area contributed by atoms with Gasteiger partial charge in [-0.15, -0.1) is 0 Å². The number of nitrogens with one attached hydrogen (secondary N) is 2. The SMILES string of the molecule is COc1cc(/C=N/NC(=O)C(=O)Nc2c(C)cccc2C)ccc1OCC(N)=O. The molecule has 0 radical (unpaired) electrons. The van der Waals surface area contributed by atoms with E-state index in [9.17, 15) is 14.4 Å². The standard InChI is InChI=1S/C20H22N4O5/c1-12-5-4-6-13(2)18(12)23-19(26)20(27)24-22-10-14-7-8-15(16(9-14)28-3)29-11-17(21)25/h4-10H,11H2,1-3H3,(H2,21,25)(H,23,26)(H,24,27)/b22-10+. The summed E-state index contributed by atoms with van der Waals surface area (Å²) in [6.07, 6.45) is 1.34. The zero-order valence-corrected chi connectivity index (χ0v) is 16.3. The second-order valence-corrected chi connectivity index (χ2v) is 6.09. The Bertz CT molecular complexity index is 936. The minimum atomic E-state index is -0.905. The third-order valence-electron chi connectivity index (χ3n) is 3.86. The van der Waals surface area contributed by atoms with Gasteiger partial charge in [-0.2, -0.15) is 5.10 Å². The highest BCUT2D eigenvalue weighted by Gasteiger charge is 2.15. The van der Waals surface area contributed by atoms with Crippen LogP contribution in [0.2, 0.25) is 0 Å². The summed E-state index contributed by atoms with van der Waals surface area (Å²) in [7, 11) is 1.44. The van der Waals surface area contributed by atoms with Crippen molar-refractivity contribution in [2.75, 3.05) is 19.0 Å². The number of anilines is 1. The lowest BCUT2D eigenvalue weighted by Crippen LogP contribution is -2.32. The second kappa shape index (κ2) is 9.88. The molecule has 2 aromatic rings. The highest BCUT2D eigenvalue weighted by Crippen LogP contribution is 2.27. The first-order chi connectivity index (χ1) is 13.8. The van der Waals surface area contributed by atoms with Gasteiger partial charge < -0.3 is 20.5 Å². The maximum Gasteiger partial charge on any atom is 0.329 e. The number of rotatable bonds is 7. The molecule has 0 aliphatic heterocycles. The molecule has 0 aromatic heterocycles. The van der Waals surface area contributed by atoms with E-state index in [-0.39, 0.29) is 6.61 Å². The number of methoxy groups -OCH3 is 1. The number of benzene rings is 2. The lowest BCUT2D eigenvalue weighted by Gasteiger charge is -2.10. The average molecular weight is 398 g/mol. The van der Waals surface area contributed by atoms with Gasteiger partial charge in [0.2, 0.25) is 0 Å². The Morgan fingerprint density at radius 2 is 1.76 bits per heavy atom. The van der Waals surface area contributed by atoms with E-state index < -0.39 is 17.7 Å². The number of nitrogens with two attached hydrogens (primary N) is 1. The van der Waals surface area contributed by atoms with Crippen LogP contribution < -0.4 is 25.9 Å². The highest BCUT2D eigenvalue weighted by molar-refractivity contribution is 6.39. The topological polar surface area (TPSA) is 132 Å². The average Bonchev–Trinajstić information content (AvgIpc) is 2.69. The van der Waals surface area contributed by atoms with Crippen LogP contribution in [-0.4, -0.2) is 37.7 Å². The summed E-state index contributed by atoms with van der Waals surface area (Å²) in [4.78, 5) is 34.8. The van der Waals surface area contributed by atoms with Crippen LogP contribution in [-0.2, 0) is 14.4 Å². The predicted molar refractivity (Wildman–Crippen MR) is 108 cm³/mol. The van der Waals surface area contributed by atoms with Crippen molar-refractivity contribution in [3.05, 3.63) is 53.1 Å². The summed E-state index contributed by atoms with van der Waals surface area (Å²) >= 11 is 0. The molecule has 0 heterocycles. The molecule has 0 spiro atoms. The number of nitrogens with zero attached hydrogens (tertiary/aromatic N) is 1. The number of hydrogen-bond acceptors (Lipinski definition) is 6. The van der Waals surface area contributed by atoms with Crippen LogP contribution >= 0.6 is 0 Å². The van der Waals surface area contributed by atoms with Gasteiger partial charge in [-0.1, -0.05) is 18.2 Å². The van der Waals surface area contributed by atoms with Crippen LogP contribution in [0.1, 0.15) is 16.7 Å². The van der Waals surface area contributed by atoms with Gasteiger partial charge in [0.15, 0.2) is 18.1 Å². The molecule has 0 saturated carbocycles. The van der Waals surface area contributed by atoms with Crippen molar-refractivity contribution in [2.45, 2.75) is 13.8 Å². The van der Waals surface area contributed by atoms with E-state index in [0.29, 0.717) is 22.7 Å². The van der Waals surface area contributed by atoms with Crippen LogP contribution in [0.15, 0.2) is 41.5 Å². The van der Waals surface area contributed by atoms with Crippen molar-refractivity contribution in [3.8, 4) is 11.5 Å². The Labute approximate surface area is 167 Å². The van der Waals surface area contributed by atoms with E-state index >= 15 is 0 Å². The molecule has 0 atom stereocenters. The smallest absolute Gasteiger partial charge is 0.329 e. The molecule has 0 bridgehead atoms. The lowest BCUT2D eigenvalue weighted by atomic mass is 10.1. The summed E-state index contributed by atoms with van der Waals surface area (Å²) in [6, 6.07) is 10.3. The zero-order valence-electron chi connectivity index (χ0n) is 16.3. The summed E-state index contributed by atoms with van der Waals surface area (Å²) in [5, 5.41) is 6.35. The molecular formula is C20H22N4O5. The first-order valence-corrected chi connectivity index (χ1v) is 8.61. The Kier molecular flexibility index (Phi) is 7.30. The van der Waals surface area contributed by atoms with Crippen molar-refractivity contribution < 1.29 is 23.9 Å². The molecule has 0 fully saturated rings. The molecule has 4 N–H and O–H groups in total. The minimum absolute atomic E-state index is 0.282. The number of ether oxygens (including phenoxy) is 2. The van der Waals surface area contributed by atoms with Crippen molar-refractivity contribution in [1.29, 1.82) is 0 Å². The molecule has 0 aliphatic carbocycles. The fourth-order valence-corrected chi connectivity index (χ4v) is 2.43. The van der Waals surface area contributed by atoms with Crippen LogP contribution in [0, 0.1) is 13.8 Å². The van der Waals surface area contributed by atoms with Gasteiger partial charge in [0.25, 0.3) is 5.91 Å². The number of para-hydroxylation sites is 1. The highest BCUT2D eigenvalue weighted by atomic mass is 16.5. The lowest BCUT2D eigenvalue weighted by molar-refractivity contribution is -0.136. The predicted octanol–water partition coefficient (Wildman–Crippen LogP) is 1.26. The number of aryl methyl sites for hydroxylation is 2. The van der Waals surface area contributed by atoms with Crippen LogP contribution in [0.5, 0.6) is 11.5 Å². The van der Waals surface area contributed by atoms with Crippen molar-refractivity contribution in [3.63, 3.8) is 0 Å². The number of amides is 3. The van der Waals surface area contributed by atoms with Gasteiger partial charge in [0.05, 0.1) is 13.3 Å². The fourth-order valence-electron chi connectivity index (χ4n) is 2.43. The van der Waals surface area contributed by atoms with Gasteiger partial charge >= 0.3 is 11.8 Å². The Balaban J connectivity index is 1.98. The molecule has 152 valence electrons. The van der Waals surface area contributed by atoms with Crippen molar-refractivity contribution in [1.82, 2.24) is 5.43 Å². The normalized spacial score (nSPS) is 10.4. The maximum atomic E-state index is 12.1. The van der Waals surface area contributed by atoms with Gasteiger partial charge in [-0.25, -0.2) is 5.43 Å². The molecular weight excluding hydrogens is 376 g/mol. The molecule has 3 amide bonds. The van der Waals surface area contributed by atoms with Gasteiger partial charge in [-0.05, 0) is 48.7 Å². The molecule has 29 heavy (non-hydrogen) atoms. The number of hydrazone groups is 1. The first kappa shape index (κ1) is 21.4. The maximum absolute atomic E-state index is 12.1. The molecule has 9 nitrogen and oxygen atoms in total. The Morgan fingerprint density at radius 1 is 1.07 bits per heavy atom. The second-order valence-electron chi connectivity index (χ2n) is 6.09. The van der Waals surface area contributed by atoms with Gasteiger partial charge in [0.1, 0.15) is 0 Å². The van der Waals surface area contributed by atoms with E-state index in [2.05, 4.69) is 15.8 Å². The summed E-state index contributed by atoms with van der Waals surface area (Å²) in [5.74, 6) is -1.65. The van der Waals surface area contributed by atoms with Crippen LogP contribution in [0.25, 0.3) is 0 Å². The largest absolute Gasteiger partial charge is 0.493 e. The quantitative estimate of drug-likeness (QED) is 0.367.